The number of aryl methyl sites for hydroxylation is 1. The first-order chi connectivity index (χ1) is 14.1. The van der Waals surface area contributed by atoms with Gasteiger partial charge in [-0.3, -0.25) is 4.68 Å². The number of rotatable bonds is 3. The minimum Gasteiger partial charge on any atom is -0.336 e. The van der Waals surface area contributed by atoms with Crippen molar-refractivity contribution >= 4 is 23.6 Å². The van der Waals surface area contributed by atoms with E-state index in [0.29, 0.717) is 6.04 Å². The van der Waals surface area contributed by atoms with E-state index >= 15 is 0 Å². The lowest BCUT2D eigenvalue weighted by atomic mass is 9.94. The van der Waals surface area contributed by atoms with Crippen molar-refractivity contribution in [1.29, 1.82) is 0 Å². The predicted octanol–water partition coefficient (Wildman–Crippen LogP) is 5.22. The van der Waals surface area contributed by atoms with Gasteiger partial charge in [0, 0.05) is 30.0 Å². The van der Waals surface area contributed by atoms with Gasteiger partial charge in [-0.1, -0.05) is 24.6 Å². The summed E-state index contributed by atoms with van der Waals surface area (Å²) in [6.07, 6.45) is 10.3. The topological polar surface area (TPSA) is 85.4 Å². The van der Waals surface area contributed by atoms with E-state index < -0.39 is 0 Å². The molecule has 0 aliphatic heterocycles. The van der Waals surface area contributed by atoms with E-state index in [2.05, 4.69) is 53.2 Å². The second-order valence-electron chi connectivity index (χ2n) is 8.21. The summed E-state index contributed by atoms with van der Waals surface area (Å²) in [5.41, 5.74) is 14.0. The van der Waals surface area contributed by atoms with Crippen LogP contribution >= 0.6 is 12.4 Å². The monoisotopic (exact) mass is 422 g/mol. The molecule has 3 N–H and O–H groups in total. The average Bonchev–Trinajstić information content (AvgIpc) is 3.33. The van der Waals surface area contributed by atoms with Crippen LogP contribution in [0.3, 0.4) is 0 Å². The van der Waals surface area contributed by atoms with Crippen molar-refractivity contribution in [2.45, 2.75) is 51.6 Å². The number of imidazole rings is 1. The third-order valence-corrected chi connectivity index (χ3v) is 5.86. The molecule has 0 saturated heterocycles. The Hall–Kier alpha value is -2.70. The van der Waals surface area contributed by atoms with Crippen LogP contribution in [0.15, 0.2) is 42.9 Å². The Balaban J connectivity index is 0.00000218. The number of aromatic amines is 1. The first-order valence-electron chi connectivity index (χ1n) is 10.4. The molecule has 0 fully saturated rings. The van der Waals surface area contributed by atoms with Gasteiger partial charge < -0.3 is 10.7 Å². The fraction of sp³-hybridized carbons (Fsp3) is 0.348. The van der Waals surface area contributed by atoms with E-state index in [1.54, 1.807) is 0 Å². The molecule has 0 amide bonds. The zero-order valence-corrected chi connectivity index (χ0v) is 18.1. The minimum atomic E-state index is 0. The maximum Gasteiger partial charge on any atom is 0.178 e. The Morgan fingerprint density at radius 1 is 1.17 bits per heavy atom. The van der Waals surface area contributed by atoms with Crippen molar-refractivity contribution in [3.05, 3.63) is 54.0 Å². The number of hydrogen-bond acceptors (Lipinski definition) is 4. The molecule has 3 heterocycles. The summed E-state index contributed by atoms with van der Waals surface area (Å²) in [7, 11) is 0. The smallest absolute Gasteiger partial charge is 0.178 e. The number of nitrogens with zero attached hydrogens (tertiary/aromatic N) is 4. The molecule has 30 heavy (non-hydrogen) atoms. The lowest BCUT2D eigenvalue weighted by Crippen LogP contribution is -2.10. The lowest BCUT2D eigenvalue weighted by molar-refractivity contribution is 0.532. The maximum absolute atomic E-state index is 6.38. The number of nitrogens with two attached hydrogens (primary N) is 1. The Bertz CT molecular complexity index is 1180. The van der Waals surface area contributed by atoms with Crippen LogP contribution in [0, 0.1) is 0 Å². The van der Waals surface area contributed by atoms with Crippen molar-refractivity contribution in [1.82, 2.24) is 24.7 Å². The van der Waals surface area contributed by atoms with E-state index in [9.17, 15) is 0 Å². The van der Waals surface area contributed by atoms with E-state index in [0.717, 1.165) is 41.0 Å². The van der Waals surface area contributed by atoms with Gasteiger partial charge in [-0.15, -0.1) is 12.4 Å². The van der Waals surface area contributed by atoms with Crippen molar-refractivity contribution in [3.63, 3.8) is 0 Å². The van der Waals surface area contributed by atoms with Crippen LogP contribution < -0.4 is 5.73 Å². The molecule has 5 rings (SSSR count). The largest absolute Gasteiger partial charge is 0.336 e. The van der Waals surface area contributed by atoms with Crippen molar-refractivity contribution in [3.8, 4) is 22.5 Å². The Kier molecular flexibility index (Phi) is 5.62. The first-order valence-corrected chi connectivity index (χ1v) is 10.4. The number of nitrogens with one attached hydrogen (secondary N) is 1. The van der Waals surface area contributed by atoms with Crippen LogP contribution in [0.1, 0.15) is 56.3 Å². The number of fused-ring (bicyclic) bond motifs is 2. The number of hydrogen-bond donors (Lipinski definition) is 2. The van der Waals surface area contributed by atoms with Crippen LogP contribution in [0.5, 0.6) is 0 Å². The SMILES string of the molecule is CC(C)n1cc(-c2nc3nccc(-c4ccc5c(c4)CCCCC5N)c3[nH]2)cn1.Cl. The number of benzene rings is 1. The predicted molar refractivity (Wildman–Crippen MR) is 123 cm³/mol. The second kappa shape index (κ2) is 8.20. The summed E-state index contributed by atoms with van der Waals surface area (Å²) in [5, 5.41) is 4.43. The number of aromatic nitrogens is 5. The molecule has 1 aromatic carbocycles. The molecular formula is C23H27ClN6. The quantitative estimate of drug-likeness (QED) is 0.443. The van der Waals surface area contributed by atoms with Gasteiger partial charge in [-0.25, -0.2) is 9.97 Å². The third-order valence-electron chi connectivity index (χ3n) is 5.86. The Morgan fingerprint density at radius 3 is 2.83 bits per heavy atom. The molecule has 0 radical (unpaired) electrons. The highest BCUT2D eigenvalue weighted by Gasteiger charge is 2.18. The molecule has 3 aromatic heterocycles. The van der Waals surface area contributed by atoms with Gasteiger partial charge in [0.1, 0.15) is 5.82 Å². The molecule has 7 heteroatoms. The zero-order chi connectivity index (χ0) is 20.0. The fourth-order valence-electron chi connectivity index (χ4n) is 4.22. The molecular weight excluding hydrogens is 396 g/mol. The number of H-pyrrole nitrogens is 1. The molecule has 156 valence electrons. The fourth-order valence-corrected chi connectivity index (χ4v) is 4.22. The minimum absolute atomic E-state index is 0. The summed E-state index contributed by atoms with van der Waals surface area (Å²) in [6, 6.07) is 9.20. The van der Waals surface area contributed by atoms with Crippen molar-refractivity contribution in [2.24, 2.45) is 5.73 Å². The molecule has 0 spiro atoms. The molecule has 1 aliphatic rings. The summed E-state index contributed by atoms with van der Waals surface area (Å²) in [4.78, 5) is 12.7. The van der Waals surface area contributed by atoms with Crippen molar-refractivity contribution in [2.75, 3.05) is 0 Å². The molecule has 1 atom stereocenters. The van der Waals surface area contributed by atoms with Crippen LogP contribution in [0.4, 0.5) is 0 Å². The second-order valence-corrected chi connectivity index (χ2v) is 8.21. The van der Waals surface area contributed by atoms with Gasteiger partial charge in [0.2, 0.25) is 0 Å². The van der Waals surface area contributed by atoms with Gasteiger partial charge in [0.15, 0.2) is 5.65 Å². The van der Waals surface area contributed by atoms with Crippen molar-refractivity contribution < 1.29 is 0 Å². The average molecular weight is 423 g/mol. The van der Waals surface area contributed by atoms with Gasteiger partial charge in [0.25, 0.3) is 0 Å². The van der Waals surface area contributed by atoms with Crippen LogP contribution in [-0.4, -0.2) is 24.7 Å². The summed E-state index contributed by atoms with van der Waals surface area (Å²) >= 11 is 0. The van der Waals surface area contributed by atoms with Crippen LogP contribution in [-0.2, 0) is 6.42 Å². The highest BCUT2D eigenvalue weighted by Crippen LogP contribution is 2.33. The lowest BCUT2D eigenvalue weighted by Gasteiger charge is -2.14. The molecule has 0 saturated carbocycles. The molecule has 1 unspecified atom stereocenters. The molecule has 6 nitrogen and oxygen atoms in total. The highest BCUT2D eigenvalue weighted by atomic mass is 35.5. The molecule has 1 aliphatic carbocycles. The Labute approximate surface area is 182 Å². The number of halogens is 1. The van der Waals surface area contributed by atoms with Crippen LogP contribution in [0.2, 0.25) is 0 Å². The summed E-state index contributed by atoms with van der Waals surface area (Å²) < 4.78 is 1.94. The number of pyridine rings is 1. The summed E-state index contributed by atoms with van der Waals surface area (Å²) in [6.45, 7) is 4.22. The highest BCUT2D eigenvalue weighted by molar-refractivity contribution is 5.91. The zero-order valence-electron chi connectivity index (χ0n) is 17.3. The van der Waals surface area contributed by atoms with Gasteiger partial charge in [-0.2, -0.15) is 5.10 Å². The van der Waals surface area contributed by atoms with Gasteiger partial charge in [-0.05, 0) is 55.9 Å². The standard InChI is InChI=1S/C23H26N6.ClH/c1-14(2)29-13-17(12-26-29)22-27-21-19(9-10-25-23(21)28-22)16-7-8-18-15(11-16)5-3-4-6-20(18)24;/h7-14,20H,3-6,24H2,1-2H3,(H,25,27,28);1H. The van der Waals surface area contributed by atoms with E-state index in [4.69, 9.17) is 10.7 Å². The van der Waals surface area contributed by atoms with E-state index in [1.807, 2.05) is 23.3 Å². The first kappa shape index (κ1) is 20.6. The Morgan fingerprint density at radius 2 is 2.03 bits per heavy atom. The molecule has 0 bridgehead atoms. The van der Waals surface area contributed by atoms with Gasteiger partial charge in [0.05, 0.1) is 17.3 Å². The maximum atomic E-state index is 6.38. The van der Waals surface area contributed by atoms with Crippen LogP contribution in [0.25, 0.3) is 33.7 Å². The van der Waals surface area contributed by atoms with Gasteiger partial charge >= 0.3 is 0 Å². The third kappa shape index (κ3) is 3.61. The summed E-state index contributed by atoms with van der Waals surface area (Å²) in [5.74, 6) is 0.795. The molecule has 4 aromatic rings. The van der Waals surface area contributed by atoms with E-state index in [1.165, 1.54) is 29.5 Å². The normalized spacial score (nSPS) is 16.3. The van der Waals surface area contributed by atoms with E-state index in [-0.39, 0.29) is 18.4 Å².